The van der Waals surface area contributed by atoms with Gasteiger partial charge in [0.2, 0.25) is 0 Å². The molecule has 0 saturated heterocycles. The number of nitrogens with two attached hydrogens (primary N) is 1. The Kier molecular flexibility index (Phi) is 8.11. The van der Waals surface area contributed by atoms with E-state index >= 15 is 0 Å². The van der Waals surface area contributed by atoms with E-state index in [2.05, 4.69) is 31.3 Å². The zero-order valence-corrected chi connectivity index (χ0v) is 12.6. The van der Waals surface area contributed by atoms with E-state index in [1.54, 1.807) is 0 Å². The largest absolute Gasteiger partial charge is 0.399 e. The zero-order chi connectivity index (χ0) is 13.9. The lowest BCUT2D eigenvalue weighted by Gasteiger charge is -2.15. The van der Waals surface area contributed by atoms with Crippen molar-refractivity contribution >= 4 is 11.4 Å². The molecule has 2 nitrogen and oxygen atoms in total. The summed E-state index contributed by atoms with van der Waals surface area (Å²) in [6.45, 7) is 4.53. The summed E-state index contributed by atoms with van der Waals surface area (Å²) in [5, 5.41) is 3.52. The Bertz CT molecular complexity index is 319. The van der Waals surface area contributed by atoms with Gasteiger partial charge in [0.25, 0.3) is 0 Å². The Labute approximate surface area is 118 Å². The van der Waals surface area contributed by atoms with Crippen LogP contribution in [-0.2, 0) is 0 Å². The third-order valence-corrected chi connectivity index (χ3v) is 3.56. The zero-order valence-electron chi connectivity index (χ0n) is 12.6. The van der Waals surface area contributed by atoms with Gasteiger partial charge in [-0.3, -0.25) is 0 Å². The van der Waals surface area contributed by atoms with Gasteiger partial charge >= 0.3 is 0 Å². The molecule has 0 saturated carbocycles. The van der Waals surface area contributed by atoms with Gasteiger partial charge in [-0.05, 0) is 37.6 Å². The fourth-order valence-electron chi connectivity index (χ4n) is 2.34. The molecule has 0 bridgehead atoms. The fraction of sp³-hybridized carbons (Fsp3) is 0.647. The normalized spacial score (nSPS) is 12.3. The van der Waals surface area contributed by atoms with Crippen LogP contribution in [0, 0.1) is 0 Å². The summed E-state index contributed by atoms with van der Waals surface area (Å²) in [7, 11) is 0. The van der Waals surface area contributed by atoms with Crippen LogP contribution in [-0.4, -0.2) is 6.04 Å². The van der Waals surface area contributed by atoms with E-state index in [1.807, 2.05) is 12.1 Å². The third kappa shape index (κ3) is 7.76. The van der Waals surface area contributed by atoms with Crippen LogP contribution < -0.4 is 11.1 Å². The first-order chi connectivity index (χ1) is 9.22. The smallest absolute Gasteiger partial charge is 0.0343 e. The maximum atomic E-state index is 5.68. The van der Waals surface area contributed by atoms with Gasteiger partial charge in [-0.15, -0.1) is 0 Å². The van der Waals surface area contributed by atoms with Gasteiger partial charge in [0.1, 0.15) is 0 Å². The highest BCUT2D eigenvalue weighted by molar-refractivity contribution is 5.51. The van der Waals surface area contributed by atoms with Crippen molar-refractivity contribution < 1.29 is 0 Å². The highest BCUT2D eigenvalue weighted by Gasteiger charge is 2.01. The van der Waals surface area contributed by atoms with E-state index < -0.39 is 0 Å². The van der Waals surface area contributed by atoms with E-state index in [9.17, 15) is 0 Å². The summed E-state index contributed by atoms with van der Waals surface area (Å²) < 4.78 is 0. The summed E-state index contributed by atoms with van der Waals surface area (Å²) in [6.07, 6.45) is 10.9. The second-order valence-electron chi connectivity index (χ2n) is 5.58. The summed E-state index contributed by atoms with van der Waals surface area (Å²) in [4.78, 5) is 0. The number of hydrogen-bond donors (Lipinski definition) is 2. The minimum atomic E-state index is 0.541. The van der Waals surface area contributed by atoms with Gasteiger partial charge in [-0.2, -0.15) is 0 Å². The minimum absolute atomic E-state index is 0.541. The van der Waals surface area contributed by atoms with Crippen molar-refractivity contribution in [1.29, 1.82) is 0 Å². The number of benzene rings is 1. The quantitative estimate of drug-likeness (QED) is 0.448. The fourth-order valence-corrected chi connectivity index (χ4v) is 2.34. The summed E-state index contributed by atoms with van der Waals surface area (Å²) in [6, 6.07) is 8.54. The van der Waals surface area contributed by atoms with Gasteiger partial charge in [-0.1, -0.05) is 51.9 Å². The molecule has 0 amide bonds. The summed E-state index contributed by atoms with van der Waals surface area (Å²) >= 11 is 0. The van der Waals surface area contributed by atoms with Crippen molar-refractivity contribution in [2.45, 2.75) is 71.3 Å². The Morgan fingerprint density at radius 2 is 1.53 bits per heavy atom. The standard InChI is InChI=1S/C17H30N2/c1-3-4-5-6-7-8-9-10-15(2)19-17-13-11-16(18)12-14-17/h11-15,19H,3-10,18H2,1-2H3. The van der Waals surface area contributed by atoms with E-state index in [0.29, 0.717) is 6.04 Å². The van der Waals surface area contributed by atoms with Gasteiger partial charge in [0, 0.05) is 17.4 Å². The molecule has 19 heavy (non-hydrogen) atoms. The molecule has 0 fully saturated rings. The molecule has 0 aromatic heterocycles. The lowest BCUT2D eigenvalue weighted by atomic mass is 10.1. The molecule has 0 heterocycles. The Morgan fingerprint density at radius 3 is 2.16 bits per heavy atom. The molecule has 1 aromatic rings. The van der Waals surface area contributed by atoms with Crippen LogP contribution in [0.1, 0.15) is 65.2 Å². The molecule has 1 aromatic carbocycles. The third-order valence-electron chi connectivity index (χ3n) is 3.56. The van der Waals surface area contributed by atoms with Crippen LogP contribution in [0.4, 0.5) is 11.4 Å². The lowest BCUT2D eigenvalue weighted by Crippen LogP contribution is -2.14. The van der Waals surface area contributed by atoms with Gasteiger partial charge < -0.3 is 11.1 Å². The lowest BCUT2D eigenvalue weighted by molar-refractivity contribution is 0.558. The molecule has 2 heteroatoms. The molecule has 0 aliphatic heterocycles. The number of unbranched alkanes of at least 4 members (excludes halogenated alkanes) is 6. The van der Waals surface area contributed by atoms with Crippen molar-refractivity contribution in [3.63, 3.8) is 0 Å². The van der Waals surface area contributed by atoms with Crippen LogP contribution >= 0.6 is 0 Å². The second kappa shape index (κ2) is 9.71. The average Bonchev–Trinajstić information content (AvgIpc) is 2.40. The van der Waals surface area contributed by atoms with Crippen LogP contribution in [0.15, 0.2) is 24.3 Å². The first kappa shape index (κ1) is 15.9. The van der Waals surface area contributed by atoms with Gasteiger partial charge in [0.15, 0.2) is 0 Å². The molecular formula is C17H30N2. The first-order valence-electron chi connectivity index (χ1n) is 7.84. The van der Waals surface area contributed by atoms with Crippen molar-refractivity contribution in [3.8, 4) is 0 Å². The number of anilines is 2. The molecule has 108 valence electrons. The van der Waals surface area contributed by atoms with E-state index in [1.165, 1.54) is 57.1 Å². The van der Waals surface area contributed by atoms with Crippen molar-refractivity contribution in [1.82, 2.24) is 0 Å². The van der Waals surface area contributed by atoms with Crippen molar-refractivity contribution in [2.24, 2.45) is 0 Å². The molecule has 0 aliphatic rings. The Balaban J connectivity index is 2.04. The maximum Gasteiger partial charge on any atom is 0.0343 e. The maximum absolute atomic E-state index is 5.68. The topological polar surface area (TPSA) is 38.0 Å². The molecule has 3 N–H and O–H groups in total. The second-order valence-corrected chi connectivity index (χ2v) is 5.58. The predicted octanol–water partition coefficient (Wildman–Crippen LogP) is 5.21. The van der Waals surface area contributed by atoms with Crippen LogP contribution in [0.2, 0.25) is 0 Å². The van der Waals surface area contributed by atoms with E-state index in [0.717, 1.165) is 5.69 Å². The molecular weight excluding hydrogens is 232 g/mol. The van der Waals surface area contributed by atoms with Gasteiger partial charge in [-0.25, -0.2) is 0 Å². The van der Waals surface area contributed by atoms with E-state index in [4.69, 9.17) is 5.73 Å². The van der Waals surface area contributed by atoms with Crippen molar-refractivity contribution in [3.05, 3.63) is 24.3 Å². The molecule has 0 spiro atoms. The number of rotatable bonds is 10. The highest BCUT2D eigenvalue weighted by atomic mass is 14.9. The van der Waals surface area contributed by atoms with Crippen LogP contribution in [0.25, 0.3) is 0 Å². The Morgan fingerprint density at radius 1 is 0.947 bits per heavy atom. The summed E-state index contributed by atoms with van der Waals surface area (Å²) in [5.41, 5.74) is 7.67. The van der Waals surface area contributed by atoms with Gasteiger partial charge in [0.05, 0.1) is 0 Å². The SMILES string of the molecule is CCCCCCCCCC(C)Nc1ccc(N)cc1. The number of nitrogens with one attached hydrogen (secondary N) is 1. The number of hydrogen-bond acceptors (Lipinski definition) is 2. The first-order valence-corrected chi connectivity index (χ1v) is 7.84. The molecule has 1 unspecified atom stereocenters. The van der Waals surface area contributed by atoms with Crippen LogP contribution in [0.3, 0.4) is 0 Å². The highest BCUT2D eigenvalue weighted by Crippen LogP contribution is 2.15. The molecule has 1 atom stereocenters. The Hall–Kier alpha value is -1.18. The monoisotopic (exact) mass is 262 g/mol. The molecule has 0 radical (unpaired) electrons. The average molecular weight is 262 g/mol. The molecule has 0 aliphatic carbocycles. The number of nitrogen functional groups attached to an aromatic ring is 1. The minimum Gasteiger partial charge on any atom is -0.399 e. The van der Waals surface area contributed by atoms with Crippen molar-refractivity contribution in [2.75, 3.05) is 11.1 Å². The summed E-state index contributed by atoms with van der Waals surface area (Å²) in [5.74, 6) is 0. The predicted molar refractivity (Wildman–Crippen MR) is 86.5 cm³/mol. The van der Waals surface area contributed by atoms with E-state index in [-0.39, 0.29) is 0 Å². The van der Waals surface area contributed by atoms with Crippen LogP contribution in [0.5, 0.6) is 0 Å². The molecule has 1 rings (SSSR count).